The van der Waals surface area contributed by atoms with Gasteiger partial charge in [0.2, 0.25) is 5.91 Å². The minimum Gasteiger partial charge on any atom is -0.339 e. The summed E-state index contributed by atoms with van der Waals surface area (Å²) < 4.78 is 26.4. The molecule has 1 aromatic carbocycles. The van der Waals surface area contributed by atoms with Crippen LogP contribution >= 0.6 is 12.4 Å². The number of hydrogen-bond donors (Lipinski definition) is 1. The van der Waals surface area contributed by atoms with Gasteiger partial charge in [-0.2, -0.15) is 0 Å². The van der Waals surface area contributed by atoms with Gasteiger partial charge in [0, 0.05) is 13.5 Å². The highest BCUT2D eigenvalue weighted by molar-refractivity contribution is 5.85. The zero-order chi connectivity index (χ0) is 17.0. The van der Waals surface area contributed by atoms with E-state index in [2.05, 4.69) is 12.2 Å². The van der Waals surface area contributed by atoms with E-state index in [0.29, 0.717) is 23.8 Å². The highest BCUT2D eigenvalue weighted by Gasteiger charge is 2.25. The Morgan fingerprint density at radius 3 is 2.62 bits per heavy atom. The van der Waals surface area contributed by atoms with E-state index in [4.69, 9.17) is 0 Å². The molecule has 3 nitrogen and oxygen atoms in total. The molecule has 1 N–H and O–H groups in total. The number of halogens is 3. The van der Waals surface area contributed by atoms with Crippen LogP contribution in [0.1, 0.15) is 44.7 Å². The number of nitrogens with zero attached hydrogens (tertiary/aromatic N) is 1. The Morgan fingerprint density at radius 1 is 1.33 bits per heavy atom. The highest BCUT2D eigenvalue weighted by atomic mass is 35.5. The number of piperidine rings is 1. The summed E-state index contributed by atoms with van der Waals surface area (Å²) in [4.78, 5) is 14.1. The number of benzene rings is 1. The molecule has 0 radical (unpaired) electrons. The Balaban J connectivity index is 0.00000288. The van der Waals surface area contributed by atoms with E-state index >= 15 is 0 Å². The fraction of sp³-hybridized carbons (Fsp3) is 0.611. The zero-order valence-electron chi connectivity index (χ0n) is 14.5. The van der Waals surface area contributed by atoms with Crippen molar-refractivity contribution in [3.05, 3.63) is 35.4 Å². The topological polar surface area (TPSA) is 32.3 Å². The van der Waals surface area contributed by atoms with Crippen LogP contribution in [0.2, 0.25) is 0 Å². The Labute approximate surface area is 149 Å². The number of nitrogens with one attached hydrogen (secondary N) is 1. The maximum absolute atomic E-state index is 13.4. The molecule has 0 spiro atoms. The third-order valence-corrected chi connectivity index (χ3v) is 5.04. The maximum atomic E-state index is 13.4. The van der Waals surface area contributed by atoms with Crippen LogP contribution in [0, 0.1) is 23.5 Å². The van der Waals surface area contributed by atoms with Crippen LogP contribution in [0.4, 0.5) is 8.78 Å². The third kappa shape index (κ3) is 5.15. The quantitative estimate of drug-likeness (QED) is 0.862. The van der Waals surface area contributed by atoms with Gasteiger partial charge in [0.15, 0.2) is 11.6 Å². The van der Waals surface area contributed by atoms with Crippen LogP contribution in [0.15, 0.2) is 18.2 Å². The van der Waals surface area contributed by atoms with Gasteiger partial charge in [0.25, 0.3) is 0 Å². The van der Waals surface area contributed by atoms with Gasteiger partial charge in [-0.15, -0.1) is 12.4 Å². The molecule has 0 bridgehead atoms. The number of hydrogen-bond acceptors (Lipinski definition) is 2. The molecule has 3 atom stereocenters. The molecule has 136 valence electrons. The van der Waals surface area contributed by atoms with Gasteiger partial charge >= 0.3 is 0 Å². The van der Waals surface area contributed by atoms with E-state index in [1.54, 1.807) is 11.9 Å². The first-order valence-corrected chi connectivity index (χ1v) is 8.31. The predicted octanol–water partition coefficient (Wildman–Crippen LogP) is 3.93. The molecular formula is C18H27ClF2N2O. The molecule has 1 aliphatic heterocycles. The zero-order valence-corrected chi connectivity index (χ0v) is 15.3. The van der Waals surface area contributed by atoms with Crippen LogP contribution in [0.5, 0.6) is 0 Å². The average molecular weight is 361 g/mol. The molecule has 1 aromatic rings. The fourth-order valence-corrected chi connectivity index (χ4v) is 3.16. The van der Waals surface area contributed by atoms with E-state index in [-0.39, 0.29) is 24.4 Å². The van der Waals surface area contributed by atoms with E-state index in [9.17, 15) is 13.6 Å². The summed E-state index contributed by atoms with van der Waals surface area (Å²) in [5.74, 6) is -0.861. The summed E-state index contributed by atoms with van der Waals surface area (Å²) in [6, 6.07) is 3.52. The molecule has 0 aliphatic carbocycles. The lowest BCUT2D eigenvalue weighted by Crippen LogP contribution is -2.36. The fourth-order valence-electron chi connectivity index (χ4n) is 3.16. The van der Waals surface area contributed by atoms with Crippen LogP contribution in [0.25, 0.3) is 0 Å². The Bertz CT molecular complexity index is 550. The average Bonchev–Trinajstić information content (AvgIpc) is 2.56. The van der Waals surface area contributed by atoms with Crippen molar-refractivity contribution in [3.8, 4) is 0 Å². The third-order valence-electron chi connectivity index (χ3n) is 5.04. The van der Waals surface area contributed by atoms with Crippen molar-refractivity contribution in [3.63, 3.8) is 0 Å². The summed E-state index contributed by atoms with van der Waals surface area (Å²) in [6.07, 6.45) is 2.80. The lowest BCUT2D eigenvalue weighted by atomic mass is 9.85. The first-order chi connectivity index (χ1) is 10.9. The van der Waals surface area contributed by atoms with E-state index < -0.39 is 11.6 Å². The first kappa shape index (κ1) is 20.8. The lowest BCUT2D eigenvalue weighted by Gasteiger charge is -2.31. The number of carbonyl (C=O) groups excluding carboxylic acids is 1. The molecule has 1 fully saturated rings. The summed E-state index contributed by atoms with van der Waals surface area (Å²) in [7, 11) is 1.72. The van der Waals surface area contributed by atoms with Crippen LogP contribution in [0.3, 0.4) is 0 Å². The second-order valence-corrected chi connectivity index (χ2v) is 6.64. The van der Waals surface area contributed by atoms with Crippen molar-refractivity contribution >= 4 is 18.3 Å². The highest BCUT2D eigenvalue weighted by Crippen LogP contribution is 2.26. The summed E-state index contributed by atoms with van der Waals surface area (Å²) in [5.41, 5.74) is 0.603. The Morgan fingerprint density at radius 2 is 2.04 bits per heavy atom. The standard InChI is InChI=1S/C18H26F2N2O.ClH/c1-12(15-5-4-8-21-11-15)9-18(23)22(3)13(2)14-6-7-16(19)17(20)10-14;/h6-7,10,12-13,15,21H,4-5,8-9,11H2,1-3H3;1H. The van der Waals surface area contributed by atoms with Gasteiger partial charge in [0.1, 0.15) is 0 Å². The summed E-state index contributed by atoms with van der Waals surface area (Å²) in [5, 5.41) is 3.38. The predicted molar refractivity (Wildman–Crippen MR) is 94.2 cm³/mol. The maximum Gasteiger partial charge on any atom is 0.223 e. The minimum atomic E-state index is -0.878. The van der Waals surface area contributed by atoms with Crippen molar-refractivity contribution in [1.29, 1.82) is 0 Å². The molecule has 1 saturated heterocycles. The van der Waals surface area contributed by atoms with Crippen molar-refractivity contribution in [2.45, 2.75) is 39.2 Å². The van der Waals surface area contributed by atoms with E-state index in [0.717, 1.165) is 38.1 Å². The van der Waals surface area contributed by atoms with Crippen molar-refractivity contribution in [1.82, 2.24) is 10.2 Å². The van der Waals surface area contributed by atoms with Crippen molar-refractivity contribution in [2.24, 2.45) is 11.8 Å². The minimum absolute atomic E-state index is 0. The molecule has 0 aromatic heterocycles. The molecule has 1 heterocycles. The van der Waals surface area contributed by atoms with Gasteiger partial charge in [0.05, 0.1) is 6.04 Å². The molecule has 0 saturated carbocycles. The molecule has 2 rings (SSSR count). The molecular weight excluding hydrogens is 334 g/mol. The molecule has 6 heteroatoms. The lowest BCUT2D eigenvalue weighted by molar-refractivity contribution is -0.133. The van der Waals surface area contributed by atoms with Crippen LogP contribution in [-0.2, 0) is 4.79 Å². The smallest absolute Gasteiger partial charge is 0.223 e. The largest absolute Gasteiger partial charge is 0.339 e. The second kappa shape index (κ2) is 9.33. The van der Waals surface area contributed by atoms with Crippen LogP contribution < -0.4 is 5.32 Å². The Hall–Kier alpha value is -1.20. The molecule has 1 amide bonds. The molecule has 3 unspecified atom stereocenters. The Kier molecular flexibility index (Phi) is 8.10. The van der Waals surface area contributed by atoms with Gasteiger partial charge < -0.3 is 10.2 Å². The van der Waals surface area contributed by atoms with Gasteiger partial charge in [-0.05, 0) is 62.4 Å². The van der Waals surface area contributed by atoms with Crippen molar-refractivity contribution < 1.29 is 13.6 Å². The SMILES string of the molecule is CC(CC(=O)N(C)C(C)c1ccc(F)c(F)c1)C1CCCNC1.Cl. The van der Waals surface area contributed by atoms with Crippen LogP contribution in [-0.4, -0.2) is 30.9 Å². The summed E-state index contributed by atoms with van der Waals surface area (Å²) in [6.45, 7) is 5.98. The monoisotopic (exact) mass is 360 g/mol. The number of rotatable bonds is 5. The van der Waals surface area contributed by atoms with Gasteiger partial charge in [-0.1, -0.05) is 13.0 Å². The molecule has 1 aliphatic rings. The van der Waals surface area contributed by atoms with Gasteiger partial charge in [-0.3, -0.25) is 4.79 Å². The number of carbonyl (C=O) groups is 1. The first-order valence-electron chi connectivity index (χ1n) is 8.31. The molecule has 24 heavy (non-hydrogen) atoms. The summed E-state index contributed by atoms with van der Waals surface area (Å²) >= 11 is 0. The second-order valence-electron chi connectivity index (χ2n) is 6.64. The van der Waals surface area contributed by atoms with Crippen molar-refractivity contribution in [2.75, 3.05) is 20.1 Å². The van der Waals surface area contributed by atoms with E-state index in [1.807, 2.05) is 6.92 Å². The number of amides is 1. The van der Waals surface area contributed by atoms with Gasteiger partial charge in [-0.25, -0.2) is 8.78 Å². The normalized spacial score (nSPS) is 20.0. The van der Waals surface area contributed by atoms with E-state index in [1.165, 1.54) is 6.07 Å².